The lowest BCUT2D eigenvalue weighted by Crippen LogP contribution is -2.49. The Labute approximate surface area is 114 Å². The number of fused-ring (bicyclic) bond motifs is 2. The summed E-state index contributed by atoms with van der Waals surface area (Å²) in [5.74, 6) is -0.557. The van der Waals surface area contributed by atoms with Crippen LogP contribution in [0.4, 0.5) is 0 Å². The molecule has 0 amide bonds. The van der Waals surface area contributed by atoms with Crippen LogP contribution >= 0.6 is 0 Å². The second-order valence-electron chi connectivity index (χ2n) is 6.55. The highest BCUT2D eigenvalue weighted by atomic mass is 16.7. The van der Waals surface area contributed by atoms with E-state index < -0.39 is 5.79 Å². The van der Waals surface area contributed by atoms with E-state index in [1.807, 2.05) is 6.92 Å². The summed E-state index contributed by atoms with van der Waals surface area (Å²) in [6.45, 7) is 8.41. The lowest BCUT2D eigenvalue weighted by molar-refractivity contribution is -0.215. The maximum absolute atomic E-state index is 11.9. The molecule has 0 aromatic rings. The molecule has 0 N–H and O–H groups in total. The zero-order valence-corrected chi connectivity index (χ0v) is 12.0. The molecule has 0 saturated heterocycles. The highest BCUT2D eigenvalue weighted by Crippen LogP contribution is 2.59. The fourth-order valence-corrected chi connectivity index (χ4v) is 4.28. The summed E-state index contributed by atoms with van der Waals surface area (Å²) in [6, 6.07) is 0. The fraction of sp³-hybridized carbons (Fsp3) is 0.688. The Bertz CT molecular complexity index is 490. The Kier molecular flexibility index (Phi) is 2.69. The van der Waals surface area contributed by atoms with E-state index >= 15 is 0 Å². The Morgan fingerprint density at radius 1 is 1.47 bits per heavy atom. The number of hydrogen-bond donors (Lipinski definition) is 0. The van der Waals surface area contributed by atoms with E-state index in [4.69, 9.17) is 9.47 Å². The number of methoxy groups -OCH3 is 1. The zero-order chi connectivity index (χ0) is 13.8. The van der Waals surface area contributed by atoms with Gasteiger partial charge in [-0.05, 0) is 43.9 Å². The van der Waals surface area contributed by atoms with Gasteiger partial charge >= 0.3 is 5.97 Å². The van der Waals surface area contributed by atoms with E-state index in [9.17, 15) is 4.79 Å². The van der Waals surface area contributed by atoms with Crippen molar-refractivity contribution >= 4 is 5.97 Å². The van der Waals surface area contributed by atoms with Crippen molar-refractivity contribution in [2.45, 2.75) is 51.7 Å². The Morgan fingerprint density at radius 2 is 2.21 bits per heavy atom. The van der Waals surface area contributed by atoms with Crippen LogP contribution in [0, 0.1) is 11.3 Å². The number of ether oxygens (including phenoxy) is 2. The van der Waals surface area contributed by atoms with E-state index in [1.165, 1.54) is 12.0 Å². The smallest absolute Gasteiger partial charge is 0.336 e. The van der Waals surface area contributed by atoms with Crippen molar-refractivity contribution in [1.29, 1.82) is 0 Å². The zero-order valence-electron chi connectivity index (χ0n) is 12.0. The van der Waals surface area contributed by atoms with Crippen LogP contribution in [0.25, 0.3) is 0 Å². The minimum atomic E-state index is -0.802. The van der Waals surface area contributed by atoms with Crippen molar-refractivity contribution in [3.8, 4) is 0 Å². The van der Waals surface area contributed by atoms with Crippen LogP contribution in [-0.4, -0.2) is 18.9 Å². The van der Waals surface area contributed by atoms with Crippen molar-refractivity contribution in [3.63, 3.8) is 0 Å². The maximum atomic E-state index is 11.9. The van der Waals surface area contributed by atoms with E-state index in [1.54, 1.807) is 7.11 Å². The molecule has 1 aliphatic heterocycles. The van der Waals surface area contributed by atoms with Crippen molar-refractivity contribution < 1.29 is 14.3 Å². The first kappa shape index (κ1) is 12.9. The van der Waals surface area contributed by atoms with Crippen LogP contribution in [0.5, 0.6) is 0 Å². The molecular weight excluding hydrogens is 240 g/mol. The third-order valence-corrected chi connectivity index (χ3v) is 5.43. The van der Waals surface area contributed by atoms with Gasteiger partial charge in [-0.25, -0.2) is 4.79 Å². The first-order valence-electron chi connectivity index (χ1n) is 7.08. The minimum absolute atomic E-state index is 0.139. The summed E-state index contributed by atoms with van der Waals surface area (Å²) in [7, 11) is 1.65. The van der Waals surface area contributed by atoms with Gasteiger partial charge in [-0.3, -0.25) is 0 Å². The lowest BCUT2D eigenvalue weighted by Gasteiger charge is -2.51. The van der Waals surface area contributed by atoms with Gasteiger partial charge in [-0.1, -0.05) is 19.1 Å². The molecule has 3 aliphatic rings. The number of hydrogen-bond acceptors (Lipinski definition) is 3. The van der Waals surface area contributed by atoms with Crippen LogP contribution < -0.4 is 0 Å². The number of esters is 1. The Balaban J connectivity index is 2.05. The molecule has 104 valence electrons. The largest absolute Gasteiger partial charge is 0.426 e. The van der Waals surface area contributed by atoms with E-state index in [2.05, 4.69) is 13.5 Å². The molecule has 0 radical (unpaired) electrons. The third-order valence-electron chi connectivity index (χ3n) is 5.43. The lowest BCUT2D eigenvalue weighted by atomic mass is 9.56. The molecule has 2 saturated carbocycles. The van der Waals surface area contributed by atoms with Crippen LogP contribution in [0.15, 0.2) is 23.3 Å². The molecule has 3 heteroatoms. The molecule has 0 aromatic heterocycles. The summed E-state index contributed by atoms with van der Waals surface area (Å²) in [5, 5.41) is 0. The van der Waals surface area contributed by atoms with Gasteiger partial charge in [-0.15, -0.1) is 0 Å². The molecule has 0 unspecified atom stereocenters. The van der Waals surface area contributed by atoms with Gasteiger partial charge in [0.25, 0.3) is 0 Å². The van der Waals surface area contributed by atoms with Gasteiger partial charge < -0.3 is 9.47 Å². The normalized spacial score (nSPS) is 41.9. The van der Waals surface area contributed by atoms with Gasteiger partial charge in [0.2, 0.25) is 5.79 Å². The van der Waals surface area contributed by atoms with Crippen LogP contribution in [0.3, 0.4) is 0 Å². The summed E-state index contributed by atoms with van der Waals surface area (Å²) < 4.78 is 11.3. The van der Waals surface area contributed by atoms with Crippen molar-refractivity contribution in [3.05, 3.63) is 23.3 Å². The molecule has 1 heterocycles. The number of allylic oxidation sites excluding steroid dienone is 1. The molecule has 0 spiro atoms. The second kappa shape index (κ2) is 3.95. The average molecular weight is 262 g/mol. The van der Waals surface area contributed by atoms with Crippen LogP contribution in [0.1, 0.15) is 46.0 Å². The van der Waals surface area contributed by atoms with E-state index in [0.29, 0.717) is 5.92 Å². The monoisotopic (exact) mass is 262 g/mol. The van der Waals surface area contributed by atoms with E-state index in [0.717, 1.165) is 36.8 Å². The third kappa shape index (κ3) is 1.64. The molecule has 0 aromatic carbocycles. The fourth-order valence-electron chi connectivity index (χ4n) is 4.28. The predicted octanol–water partition coefficient (Wildman–Crippen LogP) is 3.36. The summed E-state index contributed by atoms with van der Waals surface area (Å²) >= 11 is 0. The summed E-state index contributed by atoms with van der Waals surface area (Å²) in [6.07, 6.45) is 5.07. The first-order valence-corrected chi connectivity index (χ1v) is 7.08. The molecule has 3 rings (SSSR count). The van der Waals surface area contributed by atoms with Crippen molar-refractivity contribution in [2.24, 2.45) is 11.3 Å². The molecule has 19 heavy (non-hydrogen) atoms. The molecule has 2 fully saturated rings. The first-order chi connectivity index (χ1) is 8.92. The van der Waals surface area contributed by atoms with Gasteiger partial charge in [0.1, 0.15) is 0 Å². The average Bonchev–Trinajstić information content (AvgIpc) is 2.59. The molecule has 2 aliphatic carbocycles. The molecule has 3 nitrogen and oxygen atoms in total. The highest BCUT2D eigenvalue weighted by molar-refractivity contribution is 5.92. The molecule has 3 atom stereocenters. The summed E-state index contributed by atoms with van der Waals surface area (Å²) in [4.78, 5) is 11.9. The standard InChI is InChI=1S/C16H22O3/c1-10-6-5-7-15(3)9-16(18-4)13(8-12(10)15)11(2)14(17)19-16/h12H,1,5-9H2,2-4H3/t12-,15+,16+/m0/s1. The second-order valence-corrected chi connectivity index (χ2v) is 6.55. The van der Waals surface area contributed by atoms with Gasteiger partial charge in [0, 0.05) is 24.7 Å². The van der Waals surface area contributed by atoms with Crippen molar-refractivity contribution in [1.82, 2.24) is 0 Å². The number of carbonyl (C=O) groups excluding carboxylic acids is 1. The van der Waals surface area contributed by atoms with Gasteiger partial charge in [0.05, 0.1) is 0 Å². The van der Waals surface area contributed by atoms with Gasteiger partial charge in [0.15, 0.2) is 0 Å². The van der Waals surface area contributed by atoms with E-state index in [-0.39, 0.29) is 11.4 Å². The van der Waals surface area contributed by atoms with Gasteiger partial charge in [-0.2, -0.15) is 0 Å². The van der Waals surface area contributed by atoms with Crippen molar-refractivity contribution in [2.75, 3.05) is 7.11 Å². The number of carbonyl (C=O) groups is 1. The minimum Gasteiger partial charge on any atom is -0.426 e. The predicted molar refractivity (Wildman–Crippen MR) is 72.4 cm³/mol. The molecular formula is C16H22O3. The van der Waals surface area contributed by atoms with Crippen LogP contribution in [0.2, 0.25) is 0 Å². The molecule has 0 bridgehead atoms. The SMILES string of the molecule is C=C1CCC[C@]2(C)C[C@@]3(OC)OC(=O)C(C)=C3C[C@@H]12. The summed E-state index contributed by atoms with van der Waals surface area (Å²) in [5.41, 5.74) is 3.26. The topological polar surface area (TPSA) is 35.5 Å². The highest BCUT2D eigenvalue weighted by Gasteiger charge is 2.58. The maximum Gasteiger partial charge on any atom is 0.336 e. The van der Waals surface area contributed by atoms with Crippen LogP contribution in [-0.2, 0) is 14.3 Å². The Hall–Kier alpha value is -1.09. The number of rotatable bonds is 1. The quantitative estimate of drug-likeness (QED) is 0.537. The Morgan fingerprint density at radius 3 is 2.89 bits per heavy atom.